The third-order valence-corrected chi connectivity index (χ3v) is 3.59. The Bertz CT molecular complexity index is 595. The van der Waals surface area contributed by atoms with Gasteiger partial charge in [-0.2, -0.15) is 0 Å². The Morgan fingerprint density at radius 1 is 1.16 bits per heavy atom. The molecule has 0 unspecified atom stereocenters. The van der Waals surface area contributed by atoms with E-state index in [1.54, 1.807) is 0 Å². The van der Waals surface area contributed by atoms with Crippen molar-refractivity contribution in [3.05, 3.63) is 53.6 Å². The van der Waals surface area contributed by atoms with Gasteiger partial charge in [-0.25, -0.2) is 0 Å². The summed E-state index contributed by atoms with van der Waals surface area (Å²) in [4.78, 5) is 2.18. The molecule has 98 valence electrons. The molecule has 2 aromatic rings. The van der Waals surface area contributed by atoms with Crippen molar-refractivity contribution in [1.82, 2.24) is 0 Å². The maximum Gasteiger partial charge on any atom is 0.122 e. The van der Waals surface area contributed by atoms with Crippen molar-refractivity contribution in [3.63, 3.8) is 0 Å². The molecular weight excluding hydrogens is 236 g/mol. The van der Waals surface area contributed by atoms with E-state index in [9.17, 15) is 0 Å². The largest absolute Gasteiger partial charge is 0.493 e. The number of fused-ring (bicyclic) bond motifs is 1. The summed E-state index contributed by atoms with van der Waals surface area (Å²) < 4.78 is 5.54. The first-order chi connectivity index (χ1) is 9.28. The Hall–Kier alpha value is -2.00. The van der Waals surface area contributed by atoms with Crippen LogP contribution in [0.3, 0.4) is 0 Å². The van der Waals surface area contributed by atoms with E-state index in [0.29, 0.717) is 6.54 Å². The Balaban J connectivity index is 1.92. The molecule has 0 radical (unpaired) electrons. The predicted molar refractivity (Wildman–Crippen MR) is 78.0 cm³/mol. The van der Waals surface area contributed by atoms with Crippen molar-refractivity contribution < 1.29 is 4.74 Å². The van der Waals surface area contributed by atoms with E-state index in [0.717, 1.165) is 30.0 Å². The monoisotopic (exact) mass is 254 g/mol. The molecule has 19 heavy (non-hydrogen) atoms. The van der Waals surface area contributed by atoms with Crippen molar-refractivity contribution in [2.24, 2.45) is 5.73 Å². The molecule has 0 saturated carbocycles. The molecule has 3 nitrogen and oxygen atoms in total. The Labute approximate surface area is 113 Å². The van der Waals surface area contributed by atoms with Crippen LogP contribution in [0.1, 0.15) is 11.1 Å². The van der Waals surface area contributed by atoms with Gasteiger partial charge >= 0.3 is 0 Å². The van der Waals surface area contributed by atoms with Crippen molar-refractivity contribution in [1.29, 1.82) is 0 Å². The van der Waals surface area contributed by atoms with Crippen molar-refractivity contribution >= 4 is 11.4 Å². The highest BCUT2D eigenvalue weighted by molar-refractivity contribution is 5.65. The second-order valence-corrected chi connectivity index (χ2v) is 4.82. The fraction of sp³-hybridized carbons (Fsp3) is 0.250. The molecule has 0 aliphatic carbocycles. The van der Waals surface area contributed by atoms with Crippen LogP contribution in [-0.4, -0.2) is 13.7 Å². The first-order valence-corrected chi connectivity index (χ1v) is 6.56. The van der Waals surface area contributed by atoms with Gasteiger partial charge in [0, 0.05) is 31.4 Å². The molecule has 0 amide bonds. The Morgan fingerprint density at radius 3 is 2.84 bits per heavy atom. The van der Waals surface area contributed by atoms with E-state index in [1.165, 1.54) is 11.3 Å². The zero-order chi connectivity index (χ0) is 13.2. The van der Waals surface area contributed by atoms with Gasteiger partial charge in [-0.05, 0) is 41.5 Å². The van der Waals surface area contributed by atoms with Crippen LogP contribution in [0.5, 0.6) is 5.75 Å². The SMILES string of the molecule is CN(c1cccc(CN)c1)c1ccc2c(c1)CCO2. The number of hydrogen-bond acceptors (Lipinski definition) is 3. The van der Waals surface area contributed by atoms with E-state index in [1.807, 2.05) is 12.1 Å². The quantitative estimate of drug-likeness (QED) is 0.915. The van der Waals surface area contributed by atoms with Crippen molar-refractivity contribution in [2.75, 3.05) is 18.6 Å². The molecule has 2 aromatic carbocycles. The minimum atomic E-state index is 0.569. The van der Waals surface area contributed by atoms with Gasteiger partial charge in [-0.15, -0.1) is 0 Å². The third kappa shape index (κ3) is 2.29. The van der Waals surface area contributed by atoms with Gasteiger partial charge < -0.3 is 15.4 Å². The highest BCUT2D eigenvalue weighted by Crippen LogP contribution is 2.32. The summed E-state index contributed by atoms with van der Waals surface area (Å²) in [6.07, 6.45) is 1.000. The van der Waals surface area contributed by atoms with E-state index >= 15 is 0 Å². The molecule has 0 atom stereocenters. The van der Waals surface area contributed by atoms with Gasteiger partial charge in [-0.3, -0.25) is 0 Å². The molecule has 3 rings (SSSR count). The second kappa shape index (κ2) is 4.94. The lowest BCUT2D eigenvalue weighted by atomic mass is 10.1. The second-order valence-electron chi connectivity index (χ2n) is 4.82. The minimum Gasteiger partial charge on any atom is -0.493 e. The molecule has 0 bridgehead atoms. The fourth-order valence-corrected chi connectivity index (χ4v) is 2.42. The molecule has 1 aliphatic heterocycles. The molecule has 0 spiro atoms. The normalized spacial score (nSPS) is 12.9. The van der Waals surface area contributed by atoms with Crippen LogP contribution in [-0.2, 0) is 13.0 Å². The number of nitrogens with zero attached hydrogens (tertiary/aromatic N) is 1. The first kappa shape index (κ1) is 12.1. The Morgan fingerprint density at radius 2 is 2.00 bits per heavy atom. The topological polar surface area (TPSA) is 38.5 Å². The summed E-state index contributed by atoms with van der Waals surface area (Å²) in [7, 11) is 2.08. The lowest BCUT2D eigenvalue weighted by molar-refractivity contribution is 0.357. The third-order valence-electron chi connectivity index (χ3n) is 3.59. The van der Waals surface area contributed by atoms with Crippen molar-refractivity contribution in [3.8, 4) is 5.75 Å². The number of hydrogen-bond donors (Lipinski definition) is 1. The number of nitrogens with two attached hydrogens (primary N) is 1. The van der Waals surface area contributed by atoms with Crippen LogP contribution < -0.4 is 15.4 Å². The van der Waals surface area contributed by atoms with Crippen LogP contribution in [0.25, 0.3) is 0 Å². The smallest absolute Gasteiger partial charge is 0.122 e. The fourth-order valence-electron chi connectivity index (χ4n) is 2.42. The lowest BCUT2D eigenvalue weighted by Gasteiger charge is -2.20. The Kier molecular flexibility index (Phi) is 3.13. The zero-order valence-corrected chi connectivity index (χ0v) is 11.1. The van der Waals surface area contributed by atoms with E-state index < -0.39 is 0 Å². The molecular formula is C16H18N2O. The molecule has 0 saturated heterocycles. The highest BCUT2D eigenvalue weighted by atomic mass is 16.5. The molecule has 3 heteroatoms. The van der Waals surface area contributed by atoms with Gasteiger partial charge in [0.25, 0.3) is 0 Å². The standard InChI is InChI=1S/C16H18N2O/c1-18(14-4-2-3-12(9-14)11-17)15-5-6-16-13(10-15)7-8-19-16/h2-6,9-10H,7-8,11,17H2,1H3. The summed E-state index contributed by atoms with van der Waals surface area (Å²) >= 11 is 0. The van der Waals surface area contributed by atoms with Crippen LogP contribution in [0.4, 0.5) is 11.4 Å². The van der Waals surface area contributed by atoms with Crippen LogP contribution in [0.2, 0.25) is 0 Å². The van der Waals surface area contributed by atoms with Crippen LogP contribution in [0.15, 0.2) is 42.5 Å². The number of benzene rings is 2. The van der Waals surface area contributed by atoms with Gasteiger partial charge in [0.15, 0.2) is 0 Å². The lowest BCUT2D eigenvalue weighted by Crippen LogP contribution is -2.10. The summed E-state index contributed by atoms with van der Waals surface area (Å²) in [6, 6.07) is 14.7. The summed E-state index contributed by atoms with van der Waals surface area (Å²) in [5.41, 5.74) is 10.5. The average molecular weight is 254 g/mol. The number of rotatable bonds is 3. The first-order valence-electron chi connectivity index (χ1n) is 6.56. The van der Waals surface area contributed by atoms with Gasteiger partial charge in [0.2, 0.25) is 0 Å². The average Bonchev–Trinajstić information content (AvgIpc) is 2.94. The number of anilines is 2. The summed E-state index contributed by atoms with van der Waals surface area (Å²) in [5.74, 6) is 1.02. The van der Waals surface area contributed by atoms with E-state index in [4.69, 9.17) is 10.5 Å². The van der Waals surface area contributed by atoms with Crippen LogP contribution >= 0.6 is 0 Å². The maximum atomic E-state index is 5.70. The summed E-state index contributed by atoms with van der Waals surface area (Å²) in [5, 5.41) is 0. The molecule has 0 aromatic heterocycles. The highest BCUT2D eigenvalue weighted by Gasteiger charge is 2.14. The zero-order valence-electron chi connectivity index (χ0n) is 11.1. The van der Waals surface area contributed by atoms with Gasteiger partial charge in [0.05, 0.1) is 6.61 Å². The molecule has 1 aliphatic rings. The number of ether oxygens (including phenoxy) is 1. The molecule has 2 N–H and O–H groups in total. The minimum absolute atomic E-state index is 0.569. The van der Waals surface area contributed by atoms with E-state index in [2.05, 4.69) is 42.3 Å². The van der Waals surface area contributed by atoms with Gasteiger partial charge in [-0.1, -0.05) is 12.1 Å². The van der Waals surface area contributed by atoms with Crippen LogP contribution in [0, 0.1) is 0 Å². The predicted octanol–water partition coefficient (Wildman–Crippen LogP) is 2.85. The molecule has 1 heterocycles. The van der Waals surface area contributed by atoms with Gasteiger partial charge in [0.1, 0.15) is 5.75 Å². The molecule has 0 fully saturated rings. The van der Waals surface area contributed by atoms with Crippen molar-refractivity contribution in [2.45, 2.75) is 13.0 Å². The maximum absolute atomic E-state index is 5.70. The van der Waals surface area contributed by atoms with E-state index in [-0.39, 0.29) is 0 Å². The summed E-state index contributed by atoms with van der Waals surface area (Å²) in [6.45, 7) is 1.37.